The number of rotatable bonds is 3. The van der Waals surface area contributed by atoms with Crippen LogP contribution in [-0.4, -0.2) is 36.1 Å². The van der Waals surface area contributed by atoms with E-state index in [1.807, 2.05) is 13.8 Å². The van der Waals surface area contributed by atoms with Gasteiger partial charge in [0.05, 0.1) is 11.6 Å². The maximum Gasteiger partial charge on any atom is 0.321 e. The summed E-state index contributed by atoms with van der Waals surface area (Å²) in [5.74, 6) is -0.168. The molecule has 0 aliphatic carbocycles. The minimum Gasteiger partial charge on any atom is -0.376 e. The first-order valence-corrected chi connectivity index (χ1v) is 5.81. The van der Waals surface area contributed by atoms with Gasteiger partial charge in [-0.3, -0.25) is 10.1 Å². The maximum atomic E-state index is 11.5. The van der Waals surface area contributed by atoms with Crippen molar-refractivity contribution in [1.82, 2.24) is 10.6 Å². The third-order valence-electron chi connectivity index (χ3n) is 2.86. The molecule has 6 heteroatoms. The number of hydrogen-bond donors (Lipinski definition) is 2. The first-order chi connectivity index (χ1) is 7.48. The molecule has 1 fully saturated rings. The molecule has 5 nitrogen and oxygen atoms in total. The second-order valence-electron chi connectivity index (χ2n) is 4.12. The highest BCUT2D eigenvalue weighted by Crippen LogP contribution is 2.24. The lowest BCUT2D eigenvalue weighted by atomic mass is 9.95. The van der Waals surface area contributed by atoms with E-state index in [1.54, 1.807) is 0 Å². The largest absolute Gasteiger partial charge is 0.376 e. The van der Waals surface area contributed by atoms with Gasteiger partial charge in [-0.1, -0.05) is 0 Å². The number of halogens is 1. The number of amides is 3. The van der Waals surface area contributed by atoms with Crippen LogP contribution in [0, 0.1) is 0 Å². The van der Waals surface area contributed by atoms with Crippen LogP contribution in [0.4, 0.5) is 4.79 Å². The van der Waals surface area contributed by atoms with Gasteiger partial charge in [0.25, 0.3) is 0 Å². The normalized spacial score (nSPS) is 28.8. The van der Waals surface area contributed by atoms with Crippen LogP contribution in [-0.2, 0) is 9.53 Å². The van der Waals surface area contributed by atoms with Gasteiger partial charge in [0.2, 0.25) is 5.91 Å². The Morgan fingerprint density at radius 1 is 1.56 bits per heavy atom. The van der Waals surface area contributed by atoms with Crippen LogP contribution in [0.5, 0.6) is 0 Å². The Balaban J connectivity index is 2.42. The van der Waals surface area contributed by atoms with Gasteiger partial charge in [-0.25, -0.2) is 4.79 Å². The third-order valence-corrected chi connectivity index (χ3v) is 3.05. The Kier molecular flexibility index (Phi) is 4.56. The smallest absolute Gasteiger partial charge is 0.321 e. The van der Waals surface area contributed by atoms with E-state index in [1.165, 1.54) is 0 Å². The van der Waals surface area contributed by atoms with Crippen LogP contribution in [0.3, 0.4) is 0 Å². The molecule has 0 aromatic rings. The molecule has 1 rings (SSSR count). The lowest BCUT2D eigenvalue weighted by Crippen LogP contribution is -2.54. The van der Waals surface area contributed by atoms with Gasteiger partial charge in [-0.15, -0.1) is 11.6 Å². The minimum atomic E-state index is -0.491. The highest BCUT2D eigenvalue weighted by atomic mass is 35.5. The van der Waals surface area contributed by atoms with Crippen LogP contribution < -0.4 is 10.6 Å². The Morgan fingerprint density at radius 2 is 2.25 bits per heavy atom. The Hall–Kier alpha value is -0.810. The topological polar surface area (TPSA) is 67.4 Å². The summed E-state index contributed by atoms with van der Waals surface area (Å²) in [6.45, 7) is 4.41. The highest BCUT2D eigenvalue weighted by molar-refractivity contribution is 6.19. The summed E-state index contributed by atoms with van der Waals surface area (Å²) >= 11 is 5.39. The molecule has 0 spiro atoms. The van der Waals surface area contributed by atoms with Crippen molar-refractivity contribution in [2.45, 2.75) is 38.3 Å². The summed E-state index contributed by atoms with van der Waals surface area (Å²) in [6, 6.07) is -0.491. The molecule has 92 valence electrons. The zero-order valence-electron chi connectivity index (χ0n) is 9.51. The number of nitrogens with one attached hydrogen (secondary N) is 2. The summed E-state index contributed by atoms with van der Waals surface area (Å²) in [4.78, 5) is 22.6. The van der Waals surface area contributed by atoms with E-state index in [0.717, 1.165) is 6.42 Å². The number of ether oxygens (including phenoxy) is 1. The molecule has 0 aromatic heterocycles. The van der Waals surface area contributed by atoms with E-state index in [9.17, 15) is 9.59 Å². The van der Waals surface area contributed by atoms with Gasteiger partial charge in [-0.2, -0.15) is 0 Å². The van der Waals surface area contributed by atoms with Crippen molar-refractivity contribution in [3.05, 3.63) is 0 Å². The Morgan fingerprint density at radius 3 is 2.75 bits per heavy atom. The average Bonchev–Trinajstić information content (AvgIpc) is 2.46. The second kappa shape index (κ2) is 5.50. The molecule has 2 atom stereocenters. The van der Waals surface area contributed by atoms with Crippen molar-refractivity contribution in [2.24, 2.45) is 0 Å². The van der Waals surface area contributed by atoms with Crippen LogP contribution in [0.25, 0.3) is 0 Å². The van der Waals surface area contributed by atoms with Crippen molar-refractivity contribution in [1.29, 1.82) is 0 Å². The fourth-order valence-electron chi connectivity index (χ4n) is 1.56. The molecule has 1 aliphatic heterocycles. The molecule has 2 N–H and O–H groups in total. The number of hydrogen-bond acceptors (Lipinski definition) is 3. The molecule has 0 bridgehead atoms. The number of carbonyl (C=O) groups excluding carboxylic acids is 2. The first kappa shape index (κ1) is 13.3. The molecule has 1 saturated heterocycles. The van der Waals surface area contributed by atoms with Crippen LogP contribution in [0.1, 0.15) is 26.7 Å². The third kappa shape index (κ3) is 3.35. The van der Waals surface area contributed by atoms with E-state index >= 15 is 0 Å². The van der Waals surface area contributed by atoms with E-state index in [4.69, 9.17) is 16.3 Å². The highest BCUT2D eigenvalue weighted by Gasteiger charge is 2.38. The predicted molar refractivity (Wildman–Crippen MR) is 60.4 cm³/mol. The van der Waals surface area contributed by atoms with E-state index in [0.29, 0.717) is 6.61 Å². The molecular weight excluding hydrogens is 232 g/mol. The number of imide groups is 1. The minimum absolute atomic E-state index is 0.0543. The standard InChI is InChI=1S/C10H17ClN2O3/c1-7-10(2,4-6-16-7)13-9(15)12-8(14)3-5-11/h7H,3-6H2,1-2H3,(H2,12,13,14,15). The fraction of sp³-hybridized carbons (Fsp3) is 0.800. The van der Waals surface area contributed by atoms with Crippen molar-refractivity contribution < 1.29 is 14.3 Å². The van der Waals surface area contributed by atoms with Crippen LogP contribution in [0.2, 0.25) is 0 Å². The van der Waals surface area contributed by atoms with Gasteiger partial charge in [0, 0.05) is 18.9 Å². The lowest BCUT2D eigenvalue weighted by molar-refractivity contribution is -0.119. The molecule has 3 amide bonds. The average molecular weight is 249 g/mol. The molecule has 1 aliphatic rings. The quantitative estimate of drug-likeness (QED) is 0.733. The maximum absolute atomic E-state index is 11.5. The summed E-state index contributed by atoms with van der Waals surface area (Å²) in [5, 5.41) is 4.98. The van der Waals surface area contributed by atoms with E-state index < -0.39 is 11.6 Å². The predicted octanol–water partition coefficient (Wildman–Crippen LogP) is 1.01. The van der Waals surface area contributed by atoms with Crippen LogP contribution >= 0.6 is 11.6 Å². The zero-order chi connectivity index (χ0) is 12.2. The zero-order valence-corrected chi connectivity index (χ0v) is 10.3. The van der Waals surface area contributed by atoms with Crippen molar-refractivity contribution in [2.75, 3.05) is 12.5 Å². The molecule has 1 heterocycles. The lowest BCUT2D eigenvalue weighted by Gasteiger charge is -2.28. The summed E-state index contributed by atoms with van der Waals surface area (Å²) in [6.07, 6.45) is 0.824. The molecule has 0 aromatic carbocycles. The monoisotopic (exact) mass is 248 g/mol. The number of urea groups is 1. The number of alkyl halides is 1. The number of carbonyl (C=O) groups is 2. The first-order valence-electron chi connectivity index (χ1n) is 5.27. The van der Waals surface area contributed by atoms with Crippen molar-refractivity contribution in [3.8, 4) is 0 Å². The summed E-state index contributed by atoms with van der Waals surface area (Å²) in [7, 11) is 0. The van der Waals surface area contributed by atoms with Gasteiger partial charge in [0.15, 0.2) is 0 Å². The van der Waals surface area contributed by atoms with Gasteiger partial charge in [-0.05, 0) is 20.3 Å². The van der Waals surface area contributed by atoms with Crippen molar-refractivity contribution >= 4 is 23.5 Å². The SMILES string of the molecule is CC1OCCC1(C)NC(=O)NC(=O)CCCl. The van der Waals surface area contributed by atoms with E-state index in [-0.39, 0.29) is 24.3 Å². The molecule has 16 heavy (non-hydrogen) atoms. The van der Waals surface area contributed by atoms with Crippen LogP contribution in [0.15, 0.2) is 0 Å². The summed E-state index contributed by atoms with van der Waals surface area (Å²) < 4.78 is 5.37. The summed E-state index contributed by atoms with van der Waals surface area (Å²) in [5.41, 5.74) is -0.411. The molecule has 0 radical (unpaired) electrons. The van der Waals surface area contributed by atoms with Gasteiger partial charge >= 0.3 is 6.03 Å². The fourth-order valence-corrected chi connectivity index (χ4v) is 1.74. The van der Waals surface area contributed by atoms with Crippen molar-refractivity contribution in [3.63, 3.8) is 0 Å². The van der Waals surface area contributed by atoms with Gasteiger partial charge < -0.3 is 10.1 Å². The Bertz CT molecular complexity index is 285. The molecular formula is C10H17ClN2O3. The van der Waals surface area contributed by atoms with Gasteiger partial charge in [0.1, 0.15) is 0 Å². The molecule has 0 saturated carbocycles. The Labute approximate surface area is 99.9 Å². The molecule has 2 unspecified atom stereocenters. The van der Waals surface area contributed by atoms with E-state index in [2.05, 4.69) is 10.6 Å². The second-order valence-corrected chi connectivity index (χ2v) is 4.50.